The first-order valence-electron chi connectivity index (χ1n) is 9.46. The van der Waals surface area contributed by atoms with E-state index in [2.05, 4.69) is 43.0 Å². The lowest BCUT2D eigenvalue weighted by Crippen LogP contribution is -2.37. The number of hydrogen-bond donors (Lipinski definition) is 1. The molecule has 0 bridgehead atoms. The molecule has 0 saturated carbocycles. The summed E-state index contributed by atoms with van der Waals surface area (Å²) in [5.74, 6) is 3.05. The van der Waals surface area contributed by atoms with E-state index in [0.29, 0.717) is 5.92 Å². The Labute approximate surface area is 168 Å². The molecular weight excluding hydrogens is 374 g/mol. The van der Waals surface area contributed by atoms with Gasteiger partial charge in [0.1, 0.15) is 16.5 Å². The predicted octanol–water partition coefficient (Wildman–Crippen LogP) is 4.81. The summed E-state index contributed by atoms with van der Waals surface area (Å²) in [5, 5.41) is 10.8. The van der Waals surface area contributed by atoms with Gasteiger partial charge in [-0.3, -0.25) is 0 Å². The zero-order valence-electron chi connectivity index (χ0n) is 15.8. The number of piperidine rings is 1. The number of aliphatic hydroxyl groups is 1. The number of benzene rings is 1. The van der Waals surface area contributed by atoms with Gasteiger partial charge in [-0.2, -0.15) is 0 Å². The number of aryl methyl sites for hydroxylation is 2. The van der Waals surface area contributed by atoms with Gasteiger partial charge >= 0.3 is 0 Å². The number of aromatic nitrogens is 2. The molecule has 0 spiro atoms. The Morgan fingerprint density at radius 3 is 2.81 bits per heavy atom. The second-order valence-corrected chi connectivity index (χ2v) is 9.42. The van der Waals surface area contributed by atoms with Crippen molar-refractivity contribution in [2.45, 2.75) is 37.3 Å². The number of fused-ring (bicyclic) bond motifs is 1. The van der Waals surface area contributed by atoms with Crippen molar-refractivity contribution in [2.75, 3.05) is 24.6 Å². The van der Waals surface area contributed by atoms with E-state index in [0.717, 1.165) is 48.2 Å². The van der Waals surface area contributed by atoms with Crippen molar-refractivity contribution in [1.82, 2.24) is 9.97 Å². The van der Waals surface area contributed by atoms with E-state index in [4.69, 9.17) is 9.97 Å². The van der Waals surface area contributed by atoms with Crippen LogP contribution >= 0.6 is 23.1 Å². The van der Waals surface area contributed by atoms with E-state index >= 15 is 0 Å². The molecule has 1 aliphatic heterocycles. The fourth-order valence-corrected chi connectivity index (χ4v) is 5.45. The Morgan fingerprint density at radius 2 is 2.04 bits per heavy atom. The van der Waals surface area contributed by atoms with Gasteiger partial charge in [0.2, 0.25) is 0 Å². The third-order valence-corrected chi connectivity index (χ3v) is 7.35. The van der Waals surface area contributed by atoms with Crippen LogP contribution in [0, 0.1) is 19.8 Å². The molecule has 0 radical (unpaired) electrons. The molecule has 142 valence electrons. The first-order chi connectivity index (χ1) is 13.2. The Hall–Kier alpha value is -1.63. The molecule has 6 heteroatoms. The fourth-order valence-electron chi connectivity index (χ4n) is 3.64. The van der Waals surface area contributed by atoms with Gasteiger partial charge in [-0.25, -0.2) is 9.97 Å². The molecule has 1 saturated heterocycles. The summed E-state index contributed by atoms with van der Waals surface area (Å²) >= 11 is 3.54. The molecule has 0 aliphatic carbocycles. The molecule has 1 N–H and O–H groups in total. The monoisotopic (exact) mass is 399 g/mol. The summed E-state index contributed by atoms with van der Waals surface area (Å²) in [5.41, 5.74) is 1.29. The number of anilines is 1. The topological polar surface area (TPSA) is 49.2 Å². The number of hydrogen-bond acceptors (Lipinski definition) is 6. The first-order valence-corrected chi connectivity index (χ1v) is 11.3. The van der Waals surface area contributed by atoms with Crippen LogP contribution in [0.1, 0.15) is 29.1 Å². The minimum Gasteiger partial charge on any atom is -0.396 e. The predicted molar refractivity (Wildman–Crippen MR) is 115 cm³/mol. The van der Waals surface area contributed by atoms with Gasteiger partial charge < -0.3 is 10.0 Å². The van der Waals surface area contributed by atoms with E-state index in [-0.39, 0.29) is 6.61 Å². The highest BCUT2D eigenvalue weighted by Crippen LogP contribution is 2.37. The van der Waals surface area contributed by atoms with Gasteiger partial charge in [-0.05, 0) is 50.3 Å². The molecule has 4 nitrogen and oxygen atoms in total. The summed E-state index contributed by atoms with van der Waals surface area (Å²) < 4.78 is 0. The maximum Gasteiger partial charge on any atom is 0.142 e. The van der Waals surface area contributed by atoms with Crippen molar-refractivity contribution in [3.05, 3.63) is 46.6 Å². The highest BCUT2D eigenvalue weighted by Gasteiger charge is 2.24. The largest absolute Gasteiger partial charge is 0.396 e. The average Bonchev–Trinajstić information content (AvgIpc) is 3.00. The molecule has 1 fully saturated rings. The van der Waals surface area contributed by atoms with Crippen LogP contribution in [-0.2, 0) is 5.75 Å². The maximum absolute atomic E-state index is 9.63. The first kappa shape index (κ1) is 18.7. The van der Waals surface area contributed by atoms with Crippen molar-refractivity contribution in [1.29, 1.82) is 0 Å². The number of thiophene rings is 1. The van der Waals surface area contributed by atoms with Crippen LogP contribution in [0.3, 0.4) is 0 Å². The van der Waals surface area contributed by atoms with Crippen LogP contribution in [0.5, 0.6) is 0 Å². The van der Waals surface area contributed by atoms with Crippen molar-refractivity contribution in [2.24, 2.45) is 5.92 Å². The molecule has 1 atom stereocenters. The second-order valence-electron chi connectivity index (χ2n) is 7.17. The van der Waals surface area contributed by atoms with Gasteiger partial charge in [0.05, 0.1) is 11.1 Å². The van der Waals surface area contributed by atoms with Gasteiger partial charge in [0, 0.05) is 29.5 Å². The number of thioether (sulfide) groups is 1. The molecule has 4 rings (SSSR count). The molecule has 0 amide bonds. The normalized spacial score (nSPS) is 17.6. The Kier molecular flexibility index (Phi) is 5.66. The summed E-state index contributed by atoms with van der Waals surface area (Å²) in [6.45, 7) is 6.47. The van der Waals surface area contributed by atoms with Crippen LogP contribution in [0.2, 0.25) is 0 Å². The average molecular weight is 400 g/mol. The van der Waals surface area contributed by atoms with Crippen LogP contribution in [0.15, 0.2) is 35.2 Å². The third-order valence-electron chi connectivity index (χ3n) is 5.24. The number of aliphatic hydroxyl groups excluding tert-OH is 1. The minimum atomic E-state index is 0.253. The van der Waals surface area contributed by atoms with E-state index < -0.39 is 0 Å². The lowest BCUT2D eigenvalue weighted by molar-refractivity contribution is 0.208. The van der Waals surface area contributed by atoms with Crippen LogP contribution in [-0.4, -0.2) is 34.8 Å². The fraction of sp³-hybridized carbons (Fsp3) is 0.429. The van der Waals surface area contributed by atoms with Crippen LogP contribution < -0.4 is 4.90 Å². The van der Waals surface area contributed by atoms with Gasteiger partial charge in [0.25, 0.3) is 0 Å². The Morgan fingerprint density at radius 1 is 1.22 bits per heavy atom. The summed E-state index contributed by atoms with van der Waals surface area (Å²) in [6, 6.07) is 10.4. The quantitative estimate of drug-likeness (QED) is 0.624. The SMILES string of the molecule is Cc1sc2nc(CSc3ccccc3)nc(N3CCCC(CO)C3)c2c1C. The molecule has 1 unspecified atom stereocenters. The summed E-state index contributed by atoms with van der Waals surface area (Å²) in [7, 11) is 0. The summed E-state index contributed by atoms with van der Waals surface area (Å²) in [4.78, 5) is 15.9. The van der Waals surface area contributed by atoms with Gasteiger partial charge in [-0.1, -0.05) is 18.2 Å². The maximum atomic E-state index is 9.63. The summed E-state index contributed by atoms with van der Waals surface area (Å²) in [6.07, 6.45) is 2.20. The Bertz CT molecular complexity index is 926. The van der Waals surface area contributed by atoms with Crippen LogP contribution in [0.4, 0.5) is 5.82 Å². The second kappa shape index (κ2) is 8.17. The smallest absolute Gasteiger partial charge is 0.142 e. The van der Waals surface area contributed by atoms with E-state index in [1.165, 1.54) is 20.7 Å². The molecule has 1 aliphatic rings. The van der Waals surface area contributed by atoms with Gasteiger partial charge in [-0.15, -0.1) is 23.1 Å². The highest BCUT2D eigenvalue weighted by atomic mass is 32.2. The van der Waals surface area contributed by atoms with Crippen molar-refractivity contribution in [3.63, 3.8) is 0 Å². The molecule has 1 aromatic carbocycles. The highest BCUT2D eigenvalue weighted by molar-refractivity contribution is 7.98. The number of nitrogens with zero attached hydrogens (tertiary/aromatic N) is 3. The van der Waals surface area contributed by atoms with Crippen molar-refractivity contribution >= 4 is 39.1 Å². The lowest BCUT2D eigenvalue weighted by atomic mass is 9.99. The standard InChI is InChI=1S/C21H25N3OS2/c1-14-15(2)27-21-19(14)20(24-10-6-7-16(11-24)12-25)22-18(23-21)13-26-17-8-4-3-5-9-17/h3-5,8-9,16,25H,6-7,10-13H2,1-2H3. The number of rotatable bonds is 5. The molecule has 2 aromatic heterocycles. The lowest BCUT2D eigenvalue weighted by Gasteiger charge is -2.33. The van der Waals surface area contributed by atoms with E-state index in [1.807, 2.05) is 6.07 Å². The minimum absolute atomic E-state index is 0.253. The van der Waals surface area contributed by atoms with E-state index in [9.17, 15) is 5.11 Å². The Balaban J connectivity index is 1.69. The zero-order chi connectivity index (χ0) is 18.8. The third kappa shape index (κ3) is 3.98. The molecule has 27 heavy (non-hydrogen) atoms. The van der Waals surface area contributed by atoms with Gasteiger partial charge in [0.15, 0.2) is 0 Å². The molecule has 3 heterocycles. The zero-order valence-corrected chi connectivity index (χ0v) is 17.4. The van der Waals surface area contributed by atoms with Crippen molar-refractivity contribution < 1.29 is 5.11 Å². The van der Waals surface area contributed by atoms with Crippen molar-refractivity contribution in [3.8, 4) is 0 Å². The molecular formula is C21H25N3OS2. The van der Waals surface area contributed by atoms with Crippen LogP contribution in [0.25, 0.3) is 10.2 Å². The van der Waals surface area contributed by atoms with E-state index in [1.54, 1.807) is 23.1 Å². The molecule has 3 aromatic rings.